The second-order valence-corrected chi connectivity index (χ2v) is 6.18. The lowest BCUT2D eigenvalue weighted by Crippen LogP contribution is -1.86. The van der Waals surface area contributed by atoms with Crippen molar-refractivity contribution < 1.29 is 0 Å². The van der Waals surface area contributed by atoms with Crippen LogP contribution in [0.4, 0.5) is 0 Å². The van der Waals surface area contributed by atoms with E-state index in [1.165, 1.54) is 22.3 Å². The average molecular weight is 331 g/mol. The molecule has 0 aliphatic carbocycles. The zero-order valence-corrected chi connectivity index (χ0v) is 14.3. The minimum atomic E-state index is 0.678. The van der Waals surface area contributed by atoms with Crippen molar-refractivity contribution in [1.82, 2.24) is 0 Å². The molecule has 1 nitrogen and oxygen atoms in total. The third-order valence-electron chi connectivity index (χ3n) is 4.53. The molecule has 1 heteroatoms. The highest BCUT2D eigenvalue weighted by atomic mass is 14.2. The molecule has 0 N–H and O–H groups in total. The molecule has 0 heterocycles. The zero-order valence-electron chi connectivity index (χ0n) is 14.3. The molecule has 4 rings (SSSR count). The van der Waals surface area contributed by atoms with Crippen molar-refractivity contribution in [3.8, 4) is 39.4 Å². The Morgan fingerprint density at radius 1 is 0.462 bits per heavy atom. The molecule has 0 aromatic heterocycles. The predicted octanol–water partition coefficient (Wildman–Crippen LogP) is 6.56. The lowest BCUT2D eigenvalue weighted by molar-refractivity contribution is 1.48. The number of nitriles is 1. The van der Waals surface area contributed by atoms with Gasteiger partial charge in [0.1, 0.15) is 0 Å². The van der Waals surface area contributed by atoms with Gasteiger partial charge in [0.05, 0.1) is 11.6 Å². The number of benzene rings is 4. The van der Waals surface area contributed by atoms with Gasteiger partial charge < -0.3 is 0 Å². The van der Waals surface area contributed by atoms with Crippen LogP contribution in [-0.2, 0) is 0 Å². The van der Waals surface area contributed by atoms with Gasteiger partial charge in [0, 0.05) is 0 Å². The van der Waals surface area contributed by atoms with Crippen LogP contribution in [0.1, 0.15) is 5.56 Å². The van der Waals surface area contributed by atoms with Gasteiger partial charge >= 0.3 is 0 Å². The molecule has 122 valence electrons. The fourth-order valence-electron chi connectivity index (χ4n) is 3.22. The molecule has 4 aromatic rings. The summed E-state index contributed by atoms with van der Waals surface area (Å²) >= 11 is 0. The topological polar surface area (TPSA) is 23.8 Å². The first-order valence-corrected chi connectivity index (χ1v) is 8.60. The molecule has 0 saturated carbocycles. The molecule has 0 aliphatic heterocycles. The fraction of sp³-hybridized carbons (Fsp3) is 0. The van der Waals surface area contributed by atoms with Crippen LogP contribution in [0.5, 0.6) is 0 Å². The molecule has 0 spiro atoms. The smallest absolute Gasteiger partial charge is 0.0991 e. The standard InChI is InChI=1S/C25H17N/c26-18-19-7-6-10-23(17-19)25-12-5-4-11-24(25)22-15-13-21(14-16-22)20-8-2-1-3-9-20/h1-17H. The van der Waals surface area contributed by atoms with Crippen molar-refractivity contribution in [3.05, 3.63) is 109 Å². The zero-order chi connectivity index (χ0) is 17.8. The van der Waals surface area contributed by atoms with Gasteiger partial charge in [0.25, 0.3) is 0 Å². The van der Waals surface area contributed by atoms with Gasteiger partial charge in [-0.25, -0.2) is 0 Å². The summed E-state index contributed by atoms with van der Waals surface area (Å²) in [5.41, 5.74) is 7.64. The highest BCUT2D eigenvalue weighted by Gasteiger charge is 2.08. The monoisotopic (exact) mass is 331 g/mol. The molecule has 0 saturated heterocycles. The van der Waals surface area contributed by atoms with Crippen LogP contribution < -0.4 is 0 Å². The summed E-state index contributed by atoms with van der Waals surface area (Å²) in [6.07, 6.45) is 0. The van der Waals surface area contributed by atoms with E-state index < -0.39 is 0 Å². The van der Waals surface area contributed by atoms with Gasteiger partial charge in [-0.05, 0) is 45.5 Å². The maximum absolute atomic E-state index is 9.18. The third-order valence-corrected chi connectivity index (χ3v) is 4.53. The first-order valence-electron chi connectivity index (χ1n) is 8.60. The first-order chi connectivity index (χ1) is 12.8. The van der Waals surface area contributed by atoms with Crippen molar-refractivity contribution in [1.29, 1.82) is 5.26 Å². The Bertz CT molecular complexity index is 1070. The van der Waals surface area contributed by atoms with Crippen molar-refractivity contribution in [2.24, 2.45) is 0 Å². The van der Waals surface area contributed by atoms with E-state index in [1.807, 2.05) is 30.3 Å². The molecule has 0 unspecified atom stereocenters. The Kier molecular flexibility index (Phi) is 4.33. The number of hydrogen-bond acceptors (Lipinski definition) is 1. The Hall–Kier alpha value is -3.63. The van der Waals surface area contributed by atoms with E-state index in [0.29, 0.717) is 5.56 Å². The van der Waals surface area contributed by atoms with E-state index in [2.05, 4.69) is 78.9 Å². The highest BCUT2D eigenvalue weighted by molar-refractivity contribution is 5.84. The molecular formula is C25H17N. The molecule has 0 radical (unpaired) electrons. The third kappa shape index (κ3) is 3.14. The van der Waals surface area contributed by atoms with E-state index >= 15 is 0 Å². The number of nitrogens with zero attached hydrogens (tertiary/aromatic N) is 1. The molecule has 0 bridgehead atoms. The Balaban J connectivity index is 1.76. The van der Waals surface area contributed by atoms with E-state index in [-0.39, 0.29) is 0 Å². The molecule has 4 aromatic carbocycles. The number of hydrogen-bond donors (Lipinski definition) is 0. The van der Waals surface area contributed by atoms with Gasteiger partial charge in [0.15, 0.2) is 0 Å². The predicted molar refractivity (Wildman–Crippen MR) is 107 cm³/mol. The summed E-state index contributed by atoms with van der Waals surface area (Å²) in [5.74, 6) is 0. The summed E-state index contributed by atoms with van der Waals surface area (Å²) in [7, 11) is 0. The molecule has 0 aliphatic rings. The van der Waals surface area contributed by atoms with Crippen LogP contribution >= 0.6 is 0 Å². The summed E-state index contributed by atoms with van der Waals surface area (Å²) in [6, 6.07) is 37.3. The Labute approximate surface area is 153 Å². The van der Waals surface area contributed by atoms with Gasteiger partial charge in [-0.2, -0.15) is 5.26 Å². The van der Waals surface area contributed by atoms with Crippen LogP contribution in [0, 0.1) is 11.3 Å². The van der Waals surface area contributed by atoms with Gasteiger partial charge in [0.2, 0.25) is 0 Å². The summed E-state index contributed by atoms with van der Waals surface area (Å²) in [6.45, 7) is 0. The molecule has 0 fully saturated rings. The molecule has 0 amide bonds. The van der Waals surface area contributed by atoms with E-state index in [9.17, 15) is 5.26 Å². The molecular weight excluding hydrogens is 314 g/mol. The maximum atomic E-state index is 9.18. The van der Waals surface area contributed by atoms with Crippen molar-refractivity contribution in [3.63, 3.8) is 0 Å². The normalized spacial score (nSPS) is 10.3. The van der Waals surface area contributed by atoms with Crippen molar-refractivity contribution in [2.45, 2.75) is 0 Å². The second kappa shape index (κ2) is 7.09. The number of rotatable bonds is 3. The lowest BCUT2D eigenvalue weighted by atomic mass is 9.93. The van der Waals surface area contributed by atoms with E-state index in [0.717, 1.165) is 11.1 Å². The summed E-state index contributed by atoms with van der Waals surface area (Å²) < 4.78 is 0. The molecule has 0 atom stereocenters. The summed E-state index contributed by atoms with van der Waals surface area (Å²) in [5, 5.41) is 9.18. The highest BCUT2D eigenvalue weighted by Crippen LogP contribution is 2.33. The van der Waals surface area contributed by atoms with Gasteiger partial charge in [-0.3, -0.25) is 0 Å². The van der Waals surface area contributed by atoms with Crippen LogP contribution in [0.2, 0.25) is 0 Å². The van der Waals surface area contributed by atoms with Crippen molar-refractivity contribution in [2.75, 3.05) is 0 Å². The van der Waals surface area contributed by atoms with Gasteiger partial charge in [-0.15, -0.1) is 0 Å². The summed E-state index contributed by atoms with van der Waals surface area (Å²) in [4.78, 5) is 0. The van der Waals surface area contributed by atoms with Crippen molar-refractivity contribution >= 4 is 0 Å². The fourth-order valence-corrected chi connectivity index (χ4v) is 3.22. The quantitative estimate of drug-likeness (QED) is 0.417. The first kappa shape index (κ1) is 15.9. The van der Waals surface area contributed by atoms with Crippen LogP contribution in [0.25, 0.3) is 33.4 Å². The van der Waals surface area contributed by atoms with Crippen LogP contribution in [-0.4, -0.2) is 0 Å². The van der Waals surface area contributed by atoms with Crippen LogP contribution in [0.15, 0.2) is 103 Å². The molecule has 26 heavy (non-hydrogen) atoms. The minimum Gasteiger partial charge on any atom is -0.192 e. The lowest BCUT2D eigenvalue weighted by Gasteiger charge is -2.11. The Morgan fingerprint density at radius 3 is 1.69 bits per heavy atom. The largest absolute Gasteiger partial charge is 0.192 e. The van der Waals surface area contributed by atoms with Gasteiger partial charge in [-0.1, -0.05) is 91.0 Å². The SMILES string of the molecule is N#Cc1cccc(-c2ccccc2-c2ccc(-c3ccccc3)cc2)c1. The second-order valence-electron chi connectivity index (χ2n) is 6.18. The average Bonchev–Trinajstić information content (AvgIpc) is 2.74. The van der Waals surface area contributed by atoms with Crippen LogP contribution in [0.3, 0.4) is 0 Å². The Morgan fingerprint density at radius 2 is 1.00 bits per heavy atom. The van der Waals surface area contributed by atoms with E-state index in [4.69, 9.17) is 0 Å². The minimum absolute atomic E-state index is 0.678. The maximum Gasteiger partial charge on any atom is 0.0991 e. The van der Waals surface area contributed by atoms with E-state index in [1.54, 1.807) is 0 Å².